The molecule has 1 heterocycles. The number of pyridine rings is 1. The summed E-state index contributed by atoms with van der Waals surface area (Å²) in [6.07, 6.45) is 5.17. The van der Waals surface area contributed by atoms with Crippen molar-refractivity contribution >= 4 is 5.91 Å². The number of aliphatic hydroxyl groups excluding tert-OH is 1. The molecule has 0 aliphatic heterocycles. The van der Waals surface area contributed by atoms with Gasteiger partial charge in [-0.1, -0.05) is 36.4 Å². The van der Waals surface area contributed by atoms with Gasteiger partial charge in [0.15, 0.2) is 0 Å². The smallest absolute Gasteiger partial charge is 0.223 e. The number of amides is 1. The maximum absolute atomic E-state index is 12.4. The Bertz CT molecular complexity index is 572. The average molecular weight is 298 g/mol. The molecule has 4 heteroatoms. The lowest BCUT2D eigenvalue weighted by Crippen LogP contribution is -2.32. The van der Waals surface area contributed by atoms with Crippen LogP contribution in [0.15, 0.2) is 54.9 Å². The van der Waals surface area contributed by atoms with Gasteiger partial charge >= 0.3 is 0 Å². The minimum atomic E-state index is -0.0902. The van der Waals surface area contributed by atoms with Gasteiger partial charge in [-0.15, -0.1) is 0 Å². The Labute approximate surface area is 131 Å². The molecule has 0 bridgehead atoms. The van der Waals surface area contributed by atoms with Crippen LogP contribution >= 0.6 is 0 Å². The van der Waals surface area contributed by atoms with Crippen molar-refractivity contribution in [1.29, 1.82) is 0 Å². The summed E-state index contributed by atoms with van der Waals surface area (Å²) in [6, 6.07) is 13.6. The standard InChI is InChI=1S/C18H22N2O2/c1-20(17(11-13-21)16-7-3-2-4-8-16)18(22)10-9-15-6-5-12-19-14-15/h2-8,12,14,17,21H,9-11,13H2,1H3. The Morgan fingerprint density at radius 2 is 2.00 bits per heavy atom. The fraction of sp³-hybridized carbons (Fsp3) is 0.333. The third-order valence-electron chi connectivity index (χ3n) is 3.80. The van der Waals surface area contributed by atoms with E-state index in [0.29, 0.717) is 19.3 Å². The maximum Gasteiger partial charge on any atom is 0.223 e. The number of benzene rings is 1. The van der Waals surface area contributed by atoms with Crippen LogP contribution in [0.1, 0.15) is 30.0 Å². The summed E-state index contributed by atoms with van der Waals surface area (Å²) in [6.45, 7) is 0.0553. The minimum Gasteiger partial charge on any atom is -0.396 e. The zero-order valence-corrected chi connectivity index (χ0v) is 12.9. The third-order valence-corrected chi connectivity index (χ3v) is 3.80. The molecule has 1 amide bonds. The molecule has 2 rings (SSSR count). The largest absolute Gasteiger partial charge is 0.396 e. The summed E-state index contributed by atoms with van der Waals surface area (Å²) in [7, 11) is 1.80. The first-order chi connectivity index (χ1) is 10.7. The Kier molecular flexibility index (Phi) is 6.10. The Morgan fingerprint density at radius 3 is 2.64 bits per heavy atom. The average Bonchev–Trinajstić information content (AvgIpc) is 2.58. The Hall–Kier alpha value is -2.20. The predicted octanol–water partition coefficient (Wildman–Crippen LogP) is 2.60. The first-order valence-corrected chi connectivity index (χ1v) is 7.52. The molecule has 116 valence electrons. The molecular formula is C18H22N2O2. The molecule has 4 nitrogen and oxygen atoms in total. The summed E-state index contributed by atoms with van der Waals surface area (Å²) in [5, 5.41) is 9.29. The van der Waals surface area contributed by atoms with E-state index in [-0.39, 0.29) is 18.6 Å². The van der Waals surface area contributed by atoms with Gasteiger partial charge in [0, 0.05) is 32.5 Å². The van der Waals surface area contributed by atoms with Gasteiger partial charge in [0.05, 0.1) is 6.04 Å². The molecule has 1 aromatic carbocycles. The van der Waals surface area contributed by atoms with Gasteiger partial charge in [0.1, 0.15) is 0 Å². The molecule has 0 saturated carbocycles. The highest BCUT2D eigenvalue weighted by atomic mass is 16.3. The van der Waals surface area contributed by atoms with Crippen molar-refractivity contribution < 1.29 is 9.90 Å². The minimum absolute atomic E-state index is 0.0553. The first-order valence-electron chi connectivity index (χ1n) is 7.52. The summed E-state index contributed by atoms with van der Waals surface area (Å²) in [5.41, 5.74) is 2.11. The summed E-state index contributed by atoms with van der Waals surface area (Å²) in [5.74, 6) is 0.0751. The highest BCUT2D eigenvalue weighted by Crippen LogP contribution is 2.23. The monoisotopic (exact) mass is 298 g/mol. The van der Waals surface area contributed by atoms with Crippen molar-refractivity contribution in [2.45, 2.75) is 25.3 Å². The van der Waals surface area contributed by atoms with Gasteiger partial charge < -0.3 is 10.0 Å². The van der Waals surface area contributed by atoms with E-state index in [1.54, 1.807) is 24.3 Å². The van der Waals surface area contributed by atoms with Crippen molar-refractivity contribution in [3.63, 3.8) is 0 Å². The Morgan fingerprint density at radius 1 is 1.23 bits per heavy atom. The van der Waals surface area contributed by atoms with Crippen LogP contribution in [0, 0.1) is 0 Å². The number of carbonyl (C=O) groups excluding carboxylic acids is 1. The molecule has 0 aliphatic carbocycles. The van der Waals surface area contributed by atoms with Gasteiger partial charge in [0.25, 0.3) is 0 Å². The summed E-state index contributed by atoms with van der Waals surface area (Å²) >= 11 is 0. The molecule has 0 saturated heterocycles. The number of aromatic nitrogens is 1. The Balaban J connectivity index is 2.00. The van der Waals surface area contributed by atoms with Crippen LogP contribution < -0.4 is 0 Å². The number of hydrogen-bond donors (Lipinski definition) is 1. The van der Waals surface area contributed by atoms with Crippen LogP contribution in [0.5, 0.6) is 0 Å². The van der Waals surface area contributed by atoms with E-state index in [0.717, 1.165) is 11.1 Å². The van der Waals surface area contributed by atoms with E-state index in [1.165, 1.54) is 0 Å². The summed E-state index contributed by atoms with van der Waals surface area (Å²) in [4.78, 5) is 18.2. The molecule has 22 heavy (non-hydrogen) atoms. The van der Waals surface area contributed by atoms with Crippen molar-refractivity contribution in [2.24, 2.45) is 0 Å². The molecule has 0 aliphatic rings. The van der Waals surface area contributed by atoms with Crippen LogP contribution in [-0.4, -0.2) is 34.6 Å². The first kappa shape index (κ1) is 16.2. The summed E-state index contributed by atoms with van der Waals surface area (Å²) < 4.78 is 0. The van der Waals surface area contributed by atoms with E-state index < -0.39 is 0 Å². The van der Waals surface area contributed by atoms with Gasteiger partial charge in [-0.2, -0.15) is 0 Å². The van der Waals surface area contributed by atoms with Gasteiger partial charge in [-0.3, -0.25) is 9.78 Å². The molecule has 1 atom stereocenters. The van der Waals surface area contributed by atoms with E-state index in [9.17, 15) is 9.90 Å². The van der Waals surface area contributed by atoms with E-state index in [4.69, 9.17) is 0 Å². The van der Waals surface area contributed by atoms with Crippen LogP contribution in [-0.2, 0) is 11.2 Å². The maximum atomic E-state index is 12.4. The molecule has 1 unspecified atom stereocenters. The highest BCUT2D eigenvalue weighted by molar-refractivity contribution is 5.76. The second-order valence-corrected chi connectivity index (χ2v) is 5.30. The van der Waals surface area contributed by atoms with Crippen molar-refractivity contribution in [3.8, 4) is 0 Å². The number of aryl methyl sites for hydroxylation is 1. The lowest BCUT2D eigenvalue weighted by molar-refractivity contribution is -0.132. The molecule has 1 N–H and O–H groups in total. The quantitative estimate of drug-likeness (QED) is 0.855. The van der Waals surface area contributed by atoms with E-state index >= 15 is 0 Å². The number of hydrogen-bond acceptors (Lipinski definition) is 3. The fourth-order valence-corrected chi connectivity index (χ4v) is 2.53. The molecule has 0 fully saturated rings. The second kappa shape index (κ2) is 8.29. The second-order valence-electron chi connectivity index (χ2n) is 5.30. The lowest BCUT2D eigenvalue weighted by atomic mass is 10.0. The number of rotatable bonds is 7. The molecule has 0 spiro atoms. The zero-order valence-electron chi connectivity index (χ0n) is 12.9. The fourth-order valence-electron chi connectivity index (χ4n) is 2.53. The number of aliphatic hydroxyl groups is 1. The molecule has 1 aromatic heterocycles. The zero-order chi connectivity index (χ0) is 15.8. The van der Waals surface area contributed by atoms with Gasteiger partial charge in [-0.25, -0.2) is 0 Å². The highest BCUT2D eigenvalue weighted by Gasteiger charge is 2.20. The SMILES string of the molecule is CN(C(=O)CCc1cccnc1)C(CCO)c1ccccc1. The van der Waals surface area contributed by atoms with Gasteiger partial charge in [0.2, 0.25) is 5.91 Å². The number of nitrogens with zero attached hydrogens (tertiary/aromatic N) is 2. The van der Waals surface area contributed by atoms with Crippen LogP contribution in [0.25, 0.3) is 0 Å². The lowest BCUT2D eigenvalue weighted by Gasteiger charge is -2.28. The van der Waals surface area contributed by atoms with Crippen molar-refractivity contribution in [2.75, 3.05) is 13.7 Å². The third kappa shape index (κ3) is 4.40. The van der Waals surface area contributed by atoms with E-state index in [1.807, 2.05) is 42.5 Å². The molecule has 0 radical (unpaired) electrons. The predicted molar refractivity (Wildman–Crippen MR) is 86.2 cm³/mol. The molecular weight excluding hydrogens is 276 g/mol. The number of carbonyl (C=O) groups is 1. The van der Waals surface area contributed by atoms with Gasteiger partial charge in [-0.05, 0) is 30.0 Å². The topological polar surface area (TPSA) is 53.4 Å². The van der Waals surface area contributed by atoms with Crippen molar-refractivity contribution in [1.82, 2.24) is 9.88 Å². The van der Waals surface area contributed by atoms with E-state index in [2.05, 4.69) is 4.98 Å². The van der Waals surface area contributed by atoms with Crippen LogP contribution in [0.3, 0.4) is 0 Å². The normalized spacial score (nSPS) is 11.9. The van der Waals surface area contributed by atoms with Crippen molar-refractivity contribution in [3.05, 3.63) is 66.0 Å². The van der Waals surface area contributed by atoms with Crippen LogP contribution in [0.2, 0.25) is 0 Å². The van der Waals surface area contributed by atoms with Crippen LogP contribution in [0.4, 0.5) is 0 Å². The molecule has 2 aromatic rings.